The molecule has 2 heterocycles. The minimum atomic E-state index is -0.578. The van der Waals surface area contributed by atoms with Gasteiger partial charge in [0.15, 0.2) is 0 Å². The first-order valence-electron chi connectivity index (χ1n) is 4.18. The Hall–Kier alpha value is -1.10. The quantitative estimate of drug-likeness (QED) is 0.365. The lowest BCUT2D eigenvalue weighted by Crippen LogP contribution is -2.88. The van der Waals surface area contributed by atoms with Crippen LogP contribution in [0.1, 0.15) is 12.8 Å². The maximum atomic E-state index is 11.4. The van der Waals surface area contributed by atoms with E-state index in [1.54, 1.807) is 0 Å². The Kier molecular flexibility index (Phi) is 1.54. The number of amides is 3. The molecule has 2 aliphatic heterocycles. The van der Waals surface area contributed by atoms with Gasteiger partial charge >= 0.3 is 6.03 Å². The number of rotatable bonds is 0. The molecule has 1 spiro atoms. The molecule has 4 N–H and O–H groups in total. The van der Waals surface area contributed by atoms with Gasteiger partial charge in [0.1, 0.15) is 5.54 Å². The van der Waals surface area contributed by atoms with Crippen molar-refractivity contribution in [3.8, 4) is 0 Å². The van der Waals surface area contributed by atoms with Crippen molar-refractivity contribution < 1.29 is 14.9 Å². The van der Waals surface area contributed by atoms with Crippen LogP contribution < -0.4 is 16.0 Å². The second-order valence-corrected chi connectivity index (χ2v) is 3.36. The highest BCUT2D eigenvalue weighted by Gasteiger charge is 2.47. The topological polar surface area (TPSA) is 74.8 Å². The first-order valence-corrected chi connectivity index (χ1v) is 4.18. The lowest BCUT2D eigenvalue weighted by molar-refractivity contribution is -0.664. The third kappa shape index (κ3) is 0.972. The summed E-state index contributed by atoms with van der Waals surface area (Å²) in [6.45, 7) is 1.82. The van der Waals surface area contributed by atoms with Crippen molar-refractivity contribution in [2.24, 2.45) is 0 Å². The van der Waals surface area contributed by atoms with E-state index < -0.39 is 5.54 Å². The van der Waals surface area contributed by atoms with E-state index in [-0.39, 0.29) is 11.9 Å². The first kappa shape index (κ1) is 7.54. The van der Waals surface area contributed by atoms with E-state index >= 15 is 0 Å². The highest BCUT2D eigenvalue weighted by Crippen LogP contribution is 2.19. The van der Waals surface area contributed by atoms with Gasteiger partial charge in [-0.2, -0.15) is 0 Å². The number of piperidine rings is 1. The molecule has 0 unspecified atom stereocenters. The maximum absolute atomic E-state index is 11.4. The fourth-order valence-corrected chi connectivity index (χ4v) is 1.85. The zero-order valence-corrected chi connectivity index (χ0v) is 6.72. The van der Waals surface area contributed by atoms with Crippen molar-refractivity contribution >= 4 is 11.9 Å². The summed E-state index contributed by atoms with van der Waals surface area (Å²) >= 11 is 0. The van der Waals surface area contributed by atoms with Crippen LogP contribution >= 0.6 is 0 Å². The molecule has 2 fully saturated rings. The monoisotopic (exact) mass is 170 g/mol. The van der Waals surface area contributed by atoms with Gasteiger partial charge in [-0.25, -0.2) is 4.79 Å². The van der Waals surface area contributed by atoms with E-state index in [1.807, 2.05) is 0 Å². The summed E-state index contributed by atoms with van der Waals surface area (Å²) in [4.78, 5) is 22.2. The minimum Gasteiger partial charge on any atom is -0.346 e. The van der Waals surface area contributed by atoms with Gasteiger partial charge in [0.05, 0.1) is 13.1 Å². The third-order valence-corrected chi connectivity index (χ3v) is 2.56. The molecule has 5 nitrogen and oxygen atoms in total. The van der Waals surface area contributed by atoms with Crippen molar-refractivity contribution in [1.29, 1.82) is 0 Å². The second-order valence-electron chi connectivity index (χ2n) is 3.36. The van der Waals surface area contributed by atoms with Gasteiger partial charge in [-0.15, -0.1) is 0 Å². The minimum absolute atomic E-state index is 0.152. The van der Waals surface area contributed by atoms with Crippen LogP contribution in [0.5, 0.6) is 0 Å². The van der Waals surface area contributed by atoms with Crippen LogP contribution in [-0.4, -0.2) is 30.6 Å². The summed E-state index contributed by atoms with van der Waals surface area (Å²) in [5, 5.41) is 7.13. The predicted molar refractivity (Wildman–Crippen MR) is 40.3 cm³/mol. The number of nitrogens with two attached hydrogens (primary N) is 1. The lowest BCUT2D eigenvalue weighted by Gasteiger charge is -2.28. The zero-order valence-electron chi connectivity index (χ0n) is 6.72. The summed E-state index contributed by atoms with van der Waals surface area (Å²) < 4.78 is 0. The smallest absolute Gasteiger partial charge is 0.322 e. The molecule has 0 radical (unpaired) electrons. The van der Waals surface area contributed by atoms with Crippen LogP contribution in [0.15, 0.2) is 0 Å². The van der Waals surface area contributed by atoms with E-state index in [0.29, 0.717) is 0 Å². The summed E-state index contributed by atoms with van der Waals surface area (Å²) in [6, 6.07) is -0.345. The van der Waals surface area contributed by atoms with Gasteiger partial charge in [-0.05, 0) is 0 Å². The summed E-state index contributed by atoms with van der Waals surface area (Å²) in [5.74, 6) is -0.152. The van der Waals surface area contributed by atoms with Crippen molar-refractivity contribution in [1.82, 2.24) is 10.6 Å². The van der Waals surface area contributed by atoms with Crippen LogP contribution in [0.25, 0.3) is 0 Å². The SMILES string of the molecule is O=C1NC(=O)C2(CC[NH2+]CC2)N1. The zero-order chi connectivity index (χ0) is 8.60. The molecule has 5 heteroatoms. The Bertz CT molecular complexity index is 233. The molecule has 12 heavy (non-hydrogen) atoms. The average molecular weight is 170 g/mol. The van der Waals surface area contributed by atoms with Crippen LogP contribution in [0.3, 0.4) is 0 Å². The number of quaternary nitrogens is 1. The molecule has 0 saturated carbocycles. The van der Waals surface area contributed by atoms with Gasteiger partial charge in [0.25, 0.3) is 5.91 Å². The van der Waals surface area contributed by atoms with Crippen LogP contribution in [0, 0.1) is 0 Å². The first-order chi connectivity index (χ1) is 5.73. The standard InChI is InChI=1S/C7H11N3O2/c11-5-7(10-6(12)9-5)1-3-8-4-2-7/h8H,1-4H2,(H2,9,10,11,12)/p+1. The van der Waals surface area contributed by atoms with E-state index in [1.165, 1.54) is 0 Å². The fourth-order valence-electron chi connectivity index (χ4n) is 1.85. The molecule has 0 bridgehead atoms. The molecule has 2 rings (SSSR count). The second kappa shape index (κ2) is 2.45. The van der Waals surface area contributed by atoms with Crippen LogP contribution in [0.4, 0.5) is 4.79 Å². The Labute approximate surface area is 69.9 Å². The van der Waals surface area contributed by atoms with Gasteiger partial charge < -0.3 is 10.6 Å². The highest BCUT2D eigenvalue weighted by molar-refractivity contribution is 6.07. The van der Waals surface area contributed by atoms with Gasteiger partial charge in [-0.3, -0.25) is 10.1 Å². The molecule has 0 aromatic rings. The van der Waals surface area contributed by atoms with Crippen molar-refractivity contribution in [2.75, 3.05) is 13.1 Å². The van der Waals surface area contributed by atoms with Crippen molar-refractivity contribution in [3.05, 3.63) is 0 Å². The fraction of sp³-hybridized carbons (Fsp3) is 0.714. The van der Waals surface area contributed by atoms with Crippen LogP contribution in [-0.2, 0) is 4.79 Å². The maximum Gasteiger partial charge on any atom is 0.322 e. The molecule has 0 atom stereocenters. The number of nitrogens with one attached hydrogen (secondary N) is 2. The van der Waals surface area contributed by atoms with Crippen molar-refractivity contribution in [2.45, 2.75) is 18.4 Å². The molecule has 3 amide bonds. The van der Waals surface area contributed by atoms with E-state index in [4.69, 9.17) is 0 Å². The van der Waals surface area contributed by atoms with Crippen molar-refractivity contribution in [3.63, 3.8) is 0 Å². The van der Waals surface area contributed by atoms with Gasteiger partial charge in [0.2, 0.25) is 0 Å². The molecule has 2 aliphatic rings. The van der Waals surface area contributed by atoms with E-state index in [9.17, 15) is 9.59 Å². The highest BCUT2D eigenvalue weighted by atomic mass is 16.2. The number of urea groups is 1. The lowest BCUT2D eigenvalue weighted by atomic mass is 9.89. The number of carbonyl (C=O) groups is 2. The predicted octanol–water partition coefficient (Wildman–Crippen LogP) is -2.08. The number of hydrogen-bond donors (Lipinski definition) is 3. The third-order valence-electron chi connectivity index (χ3n) is 2.56. The molecule has 66 valence electrons. The Morgan fingerprint density at radius 2 is 1.92 bits per heavy atom. The molecular formula is C7H12N3O2+. The molecule has 0 aromatic heterocycles. The Balaban J connectivity index is 2.18. The Morgan fingerprint density at radius 3 is 2.42 bits per heavy atom. The summed E-state index contributed by atoms with van der Waals surface area (Å²) in [6.07, 6.45) is 1.48. The molecular weight excluding hydrogens is 158 g/mol. The molecule has 2 saturated heterocycles. The van der Waals surface area contributed by atoms with Crippen LogP contribution in [0.2, 0.25) is 0 Å². The largest absolute Gasteiger partial charge is 0.346 e. The number of hydrogen-bond acceptors (Lipinski definition) is 2. The summed E-state index contributed by atoms with van der Waals surface area (Å²) in [5.41, 5.74) is -0.578. The van der Waals surface area contributed by atoms with E-state index in [2.05, 4.69) is 16.0 Å². The average Bonchev–Trinajstić information content (AvgIpc) is 2.29. The molecule has 0 aliphatic carbocycles. The normalized spacial score (nSPS) is 27.0. The van der Waals surface area contributed by atoms with Gasteiger partial charge in [-0.1, -0.05) is 0 Å². The number of carbonyl (C=O) groups excluding carboxylic acids is 2. The number of imide groups is 1. The van der Waals surface area contributed by atoms with Gasteiger partial charge in [0, 0.05) is 12.8 Å². The summed E-state index contributed by atoms with van der Waals surface area (Å²) in [7, 11) is 0. The van der Waals surface area contributed by atoms with E-state index in [0.717, 1.165) is 25.9 Å². The Morgan fingerprint density at radius 1 is 1.25 bits per heavy atom. The molecule has 0 aromatic carbocycles.